The average Bonchev–Trinajstić information content (AvgIpc) is 3.03. The van der Waals surface area contributed by atoms with E-state index in [1.54, 1.807) is 12.1 Å². The number of halogens is 1. The van der Waals surface area contributed by atoms with Crippen LogP contribution in [0, 0.1) is 12.7 Å². The Morgan fingerprint density at radius 1 is 1.13 bits per heavy atom. The summed E-state index contributed by atoms with van der Waals surface area (Å²) in [5.74, 6) is 1.33. The Bertz CT molecular complexity index is 768. The Morgan fingerprint density at radius 2 is 1.83 bits per heavy atom. The summed E-state index contributed by atoms with van der Waals surface area (Å²) in [6.07, 6.45) is 0. The molecule has 3 aromatic rings. The van der Waals surface area contributed by atoms with E-state index in [2.05, 4.69) is 15.2 Å². The molecule has 23 heavy (non-hydrogen) atoms. The van der Waals surface area contributed by atoms with E-state index in [-0.39, 0.29) is 12.4 Å². The van der Waals surface area contributed by atoms with E-state index in [1.807, 2.05) is 31.2 Å². The number of hydrogen-bond acceptors (Lipinski definition) is 4. The number of nitrogens with two attached hydrogens (primary N) is 1. The largest absolute Gasteiger partial charge is 0.486 e. The molecule has 0 spiro atoms. The van der Waals surface area contributed by atoms with Crippen molar-refractivity contribution in [3.8, 4) is 5.75 Å². The first-order valence-corrected chi connectivity index (χ1v) is 7.23. The Balaban J connectivity index is 1.65. The van der Waals surface area contributed by atoms with Gasteiger partial charge in [-0.25, -0.2) is 9.37 Å². The molecule has 1 heterocycles. The summed E-state index contributed by atoms with van der Waals surface area (Å²) in [6.45, 7) is 2.23. The standard InChI is InChI=1S/C17H17FN4O/c1-11-2-4-12(5-3-11)16(19)17-20-15(21-22-17)10-23-14-8-6-13(18)7-9-14/h2-9,16H,10,19H2,1H3,(H,20,21,22). The third-order valence-electron chi connectivity index (χ3n) is 3.45. The van der Waals surface area contributed by atoms with Crippen LogP contribution in [0.15, 0.2) is 48.5 Å². The fourth-order valence-corrected chi connectivity index (χ4v) is 2.12. The highest BCUT2D eigenvalue weighted by Crippen LogP contribution is 2.17. The third kappa shape index (κ3) is 3.73. The normalized spacial score (nSPS) is 12.1. The second-order valence-electron chi connectivity index (χ2n) is 5.27. The van der Waals surface area contributed by atoms with E-state index in [4.69, 9.17) is 10.5 Å². The van der Waals surface area contributed by atoms with E-state index >= 15 is 0 Å². The molecular weight excluding hydrogens is 295 g/mol. The zero-order valence-corrected chi connectivity index (χ0v) is 12.7. The summed E-state index contributed by atoms with van der Waals surface area (Å²) in [5, 5.41) is 6.95. The van der Waals surface area contributed by atoms with Crippen molar-refractivity contribution in [2.24, 2.45) is 5.73 Å². The predicted molar refractivity (Wildman–Crippen MR) is 84.3 cm³/mol. The number of benzene rings is 2. The number of rotatable bonds is 5. The van der Waals surface area contributed by atoms with Gasteiger partial charge in [-0.15, -0.1) is 0 Å². The van der Waals surface area contributed by atoms with Crippen molar-refractivity contribution in [3.63, 3.8) is 0 Å². The highest BCUT2D eigenvalue weighted by atomic mass is 19.1. The Kier molecular flexibility index (Phi) is 4.34. The lowest BCUT2D eigenvalue weighted by Crippen LogP contribution is -2.13. The minimum Gasteiger partial charge on any atom is -0.486 e. The van der Waals surface area contributed by atoms with E-state index in [0.717, 1.165) is 5.56 Å². The first-order valence-electron chi connectivity index (χ1n) is 7.23. The number of hydrogen-bond donors (Lipinski definition) is 2. The topological polar surface area (TPSA) is 76.8 Å². The van der Waals surface area contributed by atoms with Crippen LogP contribution in [0.4, 0.5) is 4.39 Å². The van der Waals surface area contributed by atoms with Crippen molar-refractivity contribution in [1.29, 1.82) is 0 Å². The molecule has 6 heteroatoms. The maximum atomic E-state index is 12.8. The van der Waals surface area contributed by atoms with Gasteiger partial charge in [0.25, 0.3) is 0 Å². The van der Waals surface area contributed by atoms with E-state index in [9.17, 15) is 4.39 Å². The molecule has 1 aromatic heterocycles. The van der Waals surface area contributed by atoms with E-state index in [1.165, 1.54) is 17.7 Å². The van der Waals surface area contributed by atoms with Gasteiger partial charge in [-0.05, 0) is 36.8 Å². The molecule has 0 fully saturated rings. The van der Waals surface area contributed by atoms with Crippen LogP contribution in [-0.4, -0.2) is 15.2 Å². The Hall–Kier alpha value is -2.73. The molecule has 1 unspecified atom stereocenters. The van der Waals surface area contributed by atoms with Crippen LogP contribution in [0.3, 0.4) is 0 Å². The van der Waals surface area contributed by atoms with Crippen molar-refractivity contribution in [2.45, 2.75) is 19.6 Å². The van der Waals surface area contributed by atoms with Crippen LogP contribution >= 0.6 is 0 Å². The molecule has 0 radical (unpaired) electrons. The molecule has 0 aliphatic rings. The summed E-state index contributed by atoms with van der Waals surface area (Å²) in [5.41, 5.74) is 8.29. The molecule has 0 aliphatic carbocycles. The minimum absolute atomic E-state index is 0.208. The molecule has 3 N–H and O–H groups in total. The van der Waals surface area contributed by atoms with Crippen LogP contribution < -0.4 is 10.5 Å². The Morgan fingerprint density at radius 3 is 2.52 bits per heavy atom. The molecule has 118 valence electrons. The molecule has 3 rings (SSSR count). The number of aromatic nitrogens is 3. The van der Waals surface area contributed by atoms with E-state index in [0.29, 0.717) is 17.4 Å². The number of aryl methyl sites for hydroxylation is 1. The molecule has 1 atom stereocenters. The van der Waals surface area contributed by atoms with Crippen LogP contribution in [0.5, 0.6) is 5.75 Å². The van der Waals surface area contributed by atoms with Gasteiger partial charge in [0.1, 0.15) is 18.2 Å². The van der Waals surface area contributed by atoms with Crippen LogP contribution in [-0.2, 0) is 6.61 Å². The molecule has 2 aromatic carbocycles. The molecular formula is C17H17FN4O. The van der Waals surface area contributed by atoms with Gasteiger partial charge in [0, 0.05) is 0 Å². The molecule has 0 amide bonds. The molecule has 5 nitrogen and oxygen atoms in total. The van der Waals surface area contributed by atoms with Crippen molar-refractivity contribution in [2.75, 3.05) is 0 Å². The van der Waals surface area contributed by atoms with Gasteiger partial charge in [0.15, 0.2) is 11.6 Å². The minimum atomic E-state index is -0.397. The number of nitrogens with zero attached hydrogens (tertiary/aromatic N) is 2. The highest BCUT2D eigenvalue weighted by molar-refractivity contribution is 5.27. The van der Waals surface area contributed by atoms with Gasteiger partial charge in [-0.1, -0.05) is 29.8 Å². The lowest BCUT2D eigenvalue weighted by molar-refractivity contribution is 0.296. The summed E-state index contributed by atoms with van der Waals surface area (Å²) < 4.78 is 18.4. The van der Waals surface area contributed by atoms with Gasteiger partial charge < -0.3 is 10.5 Å². The number of ether oxygens (including phenoxy) is 1. The van der Waals surface area contributed by atoms with Crippen molar-refractivity contribution < 1.29 is 9.13 Å². The summed E-state index contributed by atoms with van der Waals surface area (Å²) in [7, 11) is 0. The first-order chi connectivity index (χ1) is 11.1. The SMILES string of the molecule is Cc1ccc(C(N)c2n[nH]c(COc3ccc(F)cc3)n2)cc1. The fourth-order valence-electron chi connectivity index (χ4n) is 2.12. The van der Waals surface area contributed by atoms with Crippen molar-refractivity contribution >= 4 is 0 Å². The fraction of sp³-hybridized carbons (Fsp3) is 0.176. The molecule has 0 saturated heterocycles. The predicted octanol–water partition coefficient (Wildman–Crippen LogP) is 2.88. The summed E-state index contributed by atoms with van der Waals surface area (Å²) >= 11 is 0. The molecule has 0 aliphatic heterocycles. The van der Waals surface area contributed by atoms with Crippen molar-refractivity contribution in [3.05, 3.63) is 77.1 Å². The second kappa shape index (κ2) is 6.58. The van der Waals surface area contributed by atoms with Gasteiger partial charge >= 0.3 is 0 Å². The number of H-pyrrole nitrogens is 1. The third-order valence-corrected chi connectivity index (χ3v) is 3.45. The van der Waals surface area contributed by atoms with Crippen LogP contribution in [0.1, 0.15) is 28.8 Å². The van der Waals surface area contributed by atoms with Gasteiger partial charge in [0.2, 0.25) is 0 Å². The number of aromatic amines is 1. The lowest BCUT2D eigenvalue weighted by Gasteiger charge is -2.08. The van der Waals surface area contributed by atoms with E-state index < -0.39 is 6.04 Å². The van der Waals surface area contributed by atoms with Gasteiger partial charge in [-0.3, -0.25) is 5.10 Å². The maximum Gasteiger partial charge on any atom is 0.172 e. The second-order valence-corrected chi connectivity index (χ2v) is 5.27. The Labute approximate surface area is 133 Å². The molecule has 0 bridgehead atoms. The summed E-state index contributed by atoms with van der Waals surface area (Å²) in [4.78, 5) is 4.35. The zero-order valence-electron chi connectivity index (χ0n) is 12.7. The first kappa shape index (κ1) is 15.2. The smallest absolute Gasteiger partial charge is 0.172 e. The molecule has 0 saturated carbocycles. The van der Waals surface area contributed by atoms with Crippen molar-refractivity contribution in [1.82, 2.24) is 15.2 Å². The lowest BCUT2D eigenvalue weighted by atomic mass is 10.1. The maximum absolute atomic E-state index is 12.8. The average molecular weight is 312 g/mol. The highest BCUT2D eigenvalue weighted by Gasteiger charge is 2.14. The van der Waals surface area contributed by atoms with Gasteiger partial charge in [0.05, 0.1) is 6.04 Å². The van der Waals surface area contributed by atoms with Crippen LogP contribution in [0.2, 0.25) is 0 Å². The quantitative estimate of drug-likeness (QED) is 0.759. The summed E-state index contributed by atoms with van der Waals surface area (Å²) in [6, 6.07) is 13.3. The monoisotopic (exact) mass is 312 g/mol. The number of nitrogens with one attached hydrogen (secondary N) is 1. The zero-order chi connectivity index (χ0) is 16.2. The van der Waals surface area contributed by atoms with Crippen LogP contribution in [0.25, 0.3) is 0 Å². The van der Waals surface area contributed by atoms with Gasteiger partial charge in [-0.2, -0.15) is 5.10 Å².